The average molecular weight is 73.0 g/mol. The first-order valence-corrected chi connectivity index (χ1v) is 1.73. The molecule has 1 fully saturated rings. The van der Waals surface area contributed by atoms with E-state index in [-0.39, 0.29) is 0 Å². The van der Waals surface area contributed by atoms with E-state index in [4.69, 9.17) is 0 Å². The van der Waals surface area contributed by atoms with Crippen LogP contribution in [0, 0.1) is 0 Å². The fourth-order valence-corrected chi connectivity index (χ4v) is 0.134. The Hall–Kier alpha value is 0.390. The molecule has 2 radical (unpaired) electrons. The molecule has 0 bridgehead atoms. The van der Waals surface area contributed by atoms with Gasteiger partial charge in [-0.25, -0.2) is 0 Å². The van der Waals surface area contributed by atoms with Gasteiger partial charge in [0.15, 0.2) is 0 Å². The maximum Gasteiger partial charge on any atom is 0.0588 e. The van der Waals surface area contributed by atoms with E-state index in [2.05, 4.69) is 9.39 Å². The Kier molecular flexibility index (Phi) is 0.436. The quantitative estimate of drug-likeness (QED) is 0.300. The summed E-state index contributed by atoms with van der Waals surface area (Å²) in [5, 5.41) is 0. The third kappa shape index (κ3) is 0.402. The SMILES string of the molecule is [P]N1CC1. The van der Waals surface area contributed by atoms with Crippen LogP contribution < -0.4 is 0 Å². The van der Waals surface area contributed by atoms with E-state index < -0.39 is 0 Å². The van der Waals surface area contributed by atoms with Crippen LogP contribution >= 0.6 is 9.39 Å². The third-order valence-corrected chi connectivity index (χ3v) is 0.824. The van der Waals surface area contributed by atoms with Gasteiger partial charge >= 0.3 is 0 Å². The summed E-state index contributed by atoms with van der Waals surface area (Å²) >= 11 is 0. The van der Waals surface area contributed by atoms with Crippen molar-refractivity contribution in [3.05, 3.63) is 0 Å². The second-order valence-electron chi connectivity index (χ2n) is 0.954. The molecule has 2 heteroatoms. The predicted molar refractivity (Wildman–Crippen MR) is 18.5 cm³/mol. The Morgan fingerprint density at radius 3 is 1.75 bits per heavy atom. The first-order valence-electron chi connectivity index (χ1n) is 1.33. The van der Waals surface area contributed by atoms with Crippen LogP contribution in [0.15, 0.2) is 0 Å². The zero-order valence-electron chi connectivity index (χ0n) is 2.31. The molecule has 0 spiro atoms. The standard InChI is InChI=1S/C2H4NP/c4-3-1-2-3/h1-2H2. The summed E-state index contributed by atoms with van der Waals surface area (Å²) in [5.41, 5.74) is 0. The molecule has 1 saturated heterocycles. The number of nitrogens with zero attached hydrogens (tertiary/aromatic N) is 1. The molecule has 0 atom stereocenters. The molecule has 0 aromatic heterocycles. The molecule has 1 heterocycles. The zero-order valence-corrected chi connectivity index (χ0v) is 3.20. The van der Waals surface area contributed by atoms with Crippen molar-refractivity contribution in [2.45, 2.75) is 0 Å². The molecule has 0 N–H and O–H groups in total. The van der Waals surface area contributed by atoms with E-state index in [1.165, 1.54) is 13.1 Å². The van der Waals surface area contributed by atoms with Gasteiger partial charge in [-0.2, -0.15) is 0 Å². The third-order valence-electron chi connectivity index (χ3n) is 0.424. The lowest BCUT2D eigenvalue weighted by molar-refractivity contribution is 0.956. The van der Waals surface area contributed by atoms with Crippen LogP contribution in [-0.2, 0) is 0 Å². The minimum absolute atomic E-state index is 1.18. The summed E-state index contributed by atoms with van der Waals surface area (Å²) in [6.07, 6.45) is 0. The highest BCUT2D eigenvalue weighted by atomic mass is 31.0. The Balaban J connectivity index is 2.17. The van der Waals surface area contributed by atoms with E-state index in [1.807, 2.05) is 4.67 Å². The number of hydrogen-bond donors (Lipinski definition) is 0. The number of rotatable bonds is 0. The van der Waals surface area contributed by atoms with E-state index in [1.54, 1.807) is 0 Å². The minimum Gasteiger partial charge on any atom is -0.270 e. The first-order chi connectivity index (χ1) is 1.89. The van der Waals surface area contributed by atoms with Crippen molar-refractivity contribution in [2.75, 3.05) is 13.1 Å². The van der Waals surface area contributed by atoms with E-state index in [9.17, 15) is 0 Å². The average Bonchev–Trinajstić information content (AvgIpc) is 1.75. The maximum absolute atomic E-state index is 3.91. The molecule has 0 aromatic carbocycles. The van der Waals surface area contributed by atoms with Crippen molar-refractivity contribution >= 4 is 9.39 Å². The van der Waals surface area contributed by atoms with Gasteiger partial charge in [0, 0.05) is 13.1 Å². The molecule has 1 rings (SSSR count). The molecule has 4 heavy (non-hydrogen) atoms. The summed E-state index contributed by atoms with van der Waals surface area (Å²) in [7, 11) is 3.91. The van der Waals surface area contributed by atoms with Crippen LogP contribution in [0.25, 0.3) is 0 Å². The molecule has 22 valence electrons. The molecule has 0 unspecified atom stereocenters. The molecule has 0 amide bonds. The van der Waals surface area contributed by atoms with Gasteiger partial charge in [-0.1, -0.05) is 0 Å². The topological polar surface area (TPSA) is 3.01 Å². The predicted octanol–water partition coefficient (Wildman–Crippen LogP) is 0.627. The Labute approximate surface area is 28.2 Å². The fraction of sp³-hybridized carbons (Fsp3) is 1.00. The van der Waals surface area contributed by atoms with Gasteiger partial charge in [-0.05, 0) is 0 Å². The van der Waals surface area contributed by atoms with Crippen LogP contribution in [-0.4, -0.2) is 17.8 Å². The molecule has 1 aliphatic heterocycles. The van der Waals surface area contributed by atoms with Crippen LogP contribution in [0.5, 0.6) is 0 Å². The molecular formula is C2H4NP. The maximum atomic E-state index is 3.91. The van der Waals surface area contributed by atoms with E-state index >= 15 is 0 Å². The molecule has 0 saturated carbocycles. The van der Waals surface area contributed by atoms with E-state index in [0.29, 0.717) is 0 Å². The van der Waals surface area contributed by atoms with Gasteiger partial charge < -0.3 is 0 Å². The minimum atomic E-state index is 1.18. The summed E-state index contributed by atoms with van der Waals surface area (Å²) in [5.74, 6) is 0. The highest BCUT2D eigenvalue weighted by molar-refractivity contribution is 7.13. The summed E-state index contributed by atoms with van der Waals surface area (Å²) < 4.78 is 1.94. The second-order valence-corrected chi connectivity index (χ2v) is 1.52. The highest BCUT2D eigenvalue weighted by Gasteiger charge is 2.09. The highest BCUT2D eigenvalue weighted by Crippen LogP contribution is 2.07. The van der Waals surface area contributed by atoms with Gasteiger partial charge in [-0.3, -0.25) is 4.67 Å². The Morgan fingerprint density at radius 1 is 1.50 bits per heavy atom. The van der Waals surface area contributed by atoms with Crippen molar-refractivity contribution in [1.29, 1.82) is 0 Å². The van der Waals surface area contributed by atoms with E-state index in [0.717, 1.165) is 0 Å². The molecule has 0 aromatic rings. The van der Waals surface area contributed by atoms with Crippen molar-refractivity contribution in [3.63, 3.8) is 0 Å². The smallest absolute Gasteiger partial charge is 0.0588 e. The van der Waals surface area contributed by atoms with Crippen molar-refractivity contribution in [2.24, 2.45) is 0 Å². The van der Waals surface area contributed by atoms with Gasteiger partial charge in [0.2, 0.25) is 0 Å². The lowest BCUT2D eigenvalue weighted by Crippen LogP contribution is -1.57. The molecule has 1 aliphatic rings. The van der Waals surface area contributed by atoms with Crippen molar-refractivity contribution < 1.29 is 0 Å². The lowest BCUT2D eigenvalue weighted by atomic mass is 11.0. The Bertz CT molecular complexity index is 25.2. The Morgan fingerprint density at radius 2 is 1.75 bits per heavy atom. The van der Waals surface area contributed by atoms with Gasteiger partial charge in [0.05, 0.1) is 9.39 Å². The van der Waals surface area contributed by atoms with Gasteiger partial charge in [0.25, 0.3) is 0 Å². The summed E-state index contributed by atoms with van der Waals surface area (Å²) in [6.45, 7) is 2.37. The molecule has 1 nitrogen and oxygen atoms in total. The van der Waals surface area contributed by atoms with Crippen LogP contribution in [0.1, 0.15) is 0 Å². The fourth-order valence-electron chi connectivity index (χ4n) is 0.0447. The largest absolute Gasteiger partial charge is 0.270 e. The molecular weight excluding hydrogens is 69.0 g/mol. The first kappa shape index (κ1) is 2.62. The number of hydrogen-bond acceptors (Lipinski definition) is 1. The van der Waals surface area contributed by atoms with Gasteiger partial charge in [0.1, 0.15) is 0 Å². The lowest BCUT2D eigenvalue weighted by Gasteiger charge is -1.62. The summed E-state index contributed by atoms with van der Waals surface area (Å²) in [4.78, 5) is 0. The monoisotopic (exact) mass is 73.0 g/mol. The van der Waals surface area contributed by atoms with Crippen molar-refractivity contribution in [3.8, 4) is 0 Å². The summed E-state index contributed by atoms with van der Waals surface area (Å²) in [6, 6.07) is 0. The van der Waals surface area contributed by atoms with Crippen molar-refractivity contribution in [1.82, 2.24) is 4.67 Å². The van der Waals surface area contributed by atoms with Crippen LogP contribution in [0.3, 0.4) is 0 Å². The second kappa shape index (κ2) is 0.667. The zero-order chi connectivity index (χ0) is 2.99. The normalized spacial score (nSPS) is 26.2. The van der Waals surface area contributed by atoms with Crippen LogP contribution in [0.2, 0.25) is 0 Å². The van der Waals surface area contributed by atoms with Gasteiger partial charge in [-0.15, -0.1) is 0 Å². The van der Waals surface area contributed by atoms with Crippen LogP contribution in [0.4, 0.5) is 0 Å². The molecule has 0 aliphatic carbocycles.